The maximum atomic E-state index is 13.5. The molecular formula is C25H21N3O4. The van der Waals surface area contributed by atoms with Gasteiger partial charge in [0.15, 0.2) is 11.5 Å². The molecule has 2 aromatic carbocycles. The second-order valence-electron chi connectivity index (χ2n) is 7.49. The number of fused-ring (bicyclic) bond motifs is 2. The van der Waals surface area contributed by atoms with Gasteiger partial charge in [-0.2, -0.15) is 0 Å². The van der Waals surface area contributed by atoms with Crippen molar-refractivity contribution in [2.45, 2.75) is 6.54 Å². The number of ether oxygens (including phenoxy) is 3. The van der Waals surface area contributed by atoms with E-state index in [2.05, 4.69) is 4.98 Å². The van der Waals surface area contributed by atoms with Crippen LogP contribution in [0, 0.1) is 0 Å². The van der Waals surface area contributed by atoms with Crippen molar-refractivity contribution in [3.8, 4) is 28.5 Å². The van der Waals surface area contributed by atoms with Gasteiger partial charge in [-0.1, -0.05) is 6.07 Å². The van der Waals surface area contributed by atoms with Crippen molar-refractivity contribution in [2.75, 3.05) is 21.0 Å². The molecule has 0 fully saturated rings. The fraction of sp³-hybridized carbons (Fsp3) is 0.160. The monoisotopic (exact) mass is 427 g/mol. The molecule has 0 aliphatic carbocycles. The number of hydrogen-bond acceptors (Lipinski definition) is 6. The first kappa shape index (κ1) is 19.8. The zero-order chi connectivity index (χ0) is 22.1. The molecule has 1 aliphatic rings. The summed E-state index contributed by atoms with van der Waals surface area (Å²) in [4.78, 5) is 24.3. The first-order valence-electron chi connectivity index (χ1n) is 10.2. The lowest BCUT2D eigenvalue weighted by atomic mass is 10.0. The third-order valence-electron chi connectivity index (χ3n) is 5.39. The average molecular weight is 427 g/mol. The van der Waals surface area contributed by atoms with Gasteiger partial charge in [-0.3, -0.25) is 9.78 Å². The average Bonchev–Trinajstić information content (AvgIpc) is 3.31. The SMILES string of the molecule is COc1ccc2nc(-c3ccc4c(c3)OCO4)cc(C(=O)N(C)Cc3ccccn3)c2c1. The molecule has 1 aliphatic heterocycles. The number of benzene rings is 2. The van der Waals surface area contributed by atoms with Crippen LogP contribution in [-0.2, 0) is 6.54 Å². The normalized spacial score (nSPS) is 12.1. The van der Waals surface area contributed by atoms with Gasteiger partial charge in [-0.25, -0.2) is 4.98 Å². The van der Waals surface area contributed by atoms with Gasteiger partial charge in [0.2, 0.25) is 6.79 Å². The van der Waals surface area contributed by atoms with E-state index in [1.807, 2.05) is 60.7 Å². The Kier molecular flexibility index (Phi) is 5.07. The number of carbonyl (C=O) groups is 1. The van der Waals surface area contributed by atoms with Crippen LogP contribution in [0.2, 0.25) is 0 Å². The number of nitrogens with zero attached hydrogens (tertiary/aromatic N) is 3. The number of pyridine rings is 2. The molecule has 1 amide bonds. The van der Waals surface area contributed by atoms with Crippen molar-refractivity contribution in [2.24, 2.45) is 0 Å². The molecule has 160 valence electrons. The molecule has 0 spiro atoms. The molecule has 2 aromatic heterocycles. The number of hydrogen-bond donors (Lipinski definition) is 0. The summed E-state index contributed by atoms with van der Waals surface area (Å²) in [6.45, 7) is 0.596. The van der Waals surface area contributed by atoms with E-state index < -0.39 is 0 Å². The molecule has 3 heterocycles. The van der Waals surface area contributed by atoms with Crippen LogP contribution in [0.15, 0.2) is 66.9 Å². The number of aromatic nitrogens is 2. The molecule has 0 bridgehead atoms. The van der Waals surface area contributed by atoms with Gasteiger partial charge in [0.25, 0.3) is 5.91 Å². The van der Waals surface area contributed by atoms with E-state index in [1.54, 1.807) is 25.3 Å². The minimum absolute atomic E-state index is 0.127. The van der Waals surface area contributed by atoms with Crippen molar-refractivity contribution in [3.63, 3.8) is 0 Å². The lowest BCUT2D eigenvalue weighted by Crippen LogP contribution is -2.27. The summed E-state index contributed by atoms with van der Waals surface area (Å²) in [6.07, 6.45) is 1.72. The largest absolute Gasteiger partial charge is 0.497 e. The highest BCUT2D eigenvalue weighted by atomic mass is 16.7. The second kappa shape index (κ2) is 8.19. The molecule has 5 rings (SSSR count). The van der Waals surface area contributed by atoms with Crippen LogP contribution in [-0.4, -0.2) is 41.7 Å². The Labute approximate surface area is 185 Å². The fourth-order valence-electron chi connectivity index (χ4n) is 3.72. The Morgan fingerprint density at radius 2 is 1.94 bits per heavy atom. The first-order valence-corrected chi connectivity index (χ1v) is 10.2. The van der Waals surface area contributed by atoms with Crippen LogP contribution in [0.25, 0.3) is 22.2 Å². The van der Waals surface area contributed by atoms with Gasteiger partial charge in [0.05, 0.1) is 36.1 Å². The van der Waals surface area contributed by atoms with Crippen molar-refractivity contribution < 1.29 is 19.0 Å². The minimum Gasteiger partial charge on any atom is -0.497 e. The standard InChI is InChI=1S/C25H21N3O4/c1-28(14-17-5-3-4-10-26-17)25(29)20-13-22(16-6-9-23-24(11-16)32-15-31-23)27-21-8-7-18(30-2)12-19(20)21/h3-13H,14-15H2,1-2H3. The predicted octanol–water partition coefficient (Wildman–Crippen LogP) is 4.31. The molecule has 0 unspecified atom stereocenters. The number of amides is 1. The summed E-state index contributed by atoms with van der Waals surface area (Å²) in [5.74, 6) is 1.90. The minimum atomic E-state index is -0.127. The Morgan fingerprint density at radius 3 is 2.75 bits per heavy atom. The van der Waals surface area contributed by atoms with Crippen LogP contribution in [0.1, 0.15) is 16.1 Å². The van der Waals surface area contributed by atoms with Gasteiger partial charge < -0.3 is 19.1 Å². The Morgan fingerprint density at radius 1 is 1.06 bits per heavy atom. The number of carbonyl (C=O) groups excluding carboxylic acids is 1. The topological polar surface area (TPSA) is 73.8 Å². The molecule has 4 aromatic rings. The second-order valence-corrected chi connectivity index (χ2v) is 7.49. The summed E-state index contributed by atoms with van der Waals surface area (Å²) in [7, 11) is 3.37. The number of rotatable bonds is 5. The first-order chi connectivity index (χ1) is 15.6. The maximum Gasteiger partial charge on any atom is 0.254 e. The van der Waals surface area contributed by atoms with E-state index in [4.69, 9.17) is 19.2 Å². The van der Waals surface area contributed by atoms with Gasteiger partial charge in [-0.15, -0.1) is 0 Å². The summed E-state index contributed by atoms with van der Waals surface area (Å²) >= 11 is 0. The van der Waals surface area contributed by atoms with E-state index in [9.17, 15) is 4.79 Å². The van der Waals surface area contributed by atoms with Gasteiger partial charge in [-0.05, 0) is 54.6 Å². The van der Waals surface area contributed by atoms with E-state index in [-0.39, 0.29) is 12.7 Å². The van der Waals surface area contributed by atoms with Crippen molar-refractivity contribution >= 4 is 16.8 Å². The van der Waals surface area contributed by atoms with E-state index >= 15 is 0 Å². The molecule has 32 heavy (non-hydrogen) atoms. The lowest BCUT2D eigenvalue weighted by Gasteiger charge is -2.19. The van der Waals surface area contributed by atoms with Crippen LogP contribution in [0.4, 0.5) is 0 Å². The summed E-state index contributed by atoms with van der Waals surface area (Å²) in [5.41, 5.74) is 3.58. The maximum absolute atomic E-state index is 13.5. The van der Waals surface area contributed by atoms with Crippen molar-refractivity contribution in [3.05, 3.63) is 78.1 Å². The third-order valence-corrected chi connectivity index (χ3v) is 5.39. The smallest absolute Gasteiger partial charge is 0.254 e. The zero-order valence-corrected chi connectivity index (χ0v) is 17.7. The predicted molar refractivity (Wildman–Crippen MR) is 120 cm³/mol. The molecule has 0 saturated heterocycles. The molecule has 0 N–H and O–H groups in total. The molecule has 7 heteroatoms. The van der Waals surface area contributed by atoms with Gasteiger partial charge >= 0.3 is 0 Å². The molecule has 0 radical (unpaired) electrons. The highest BCUT2D eigenvalue weighted by Gasteiger charge is 2.20. The van der Waals surface area contributed by atoms with Crippen molar-refractivity contribution in [1.29, 1.82) is 0 Å². The lowest BCUT2D eigenvalue weighted by molar-refractivity contribution is 0.0785. The van der Waals surface area contributed by atoms with Crippen LogP contribution < -0.4 is 14.2 Å². The summed E-state index contributed by atoms with van der Waals surface area (Å²) in [6, 6.07) is 18.7. The zero-order valence-electron chi connectivity index (χ0n) is 17.7. The van der Waals surface area contributed by atoms with Crippen molar-refractivity contribution in [1.82, 2.24) is 14.9 Å². The van der Waals surface area contributed by atoms with E-state index in [0.717, 1.165) is 16.6 Å². The Balaban J connectivity index is 1.59. The molecule has 0 atom stereocenters. The molecule has 0 saturated carbocycles. The summed E-state index contributed by atoms with van der Waals surface area (Å²) in [5, 5.41) is 0.728. The van der Waals surface area contributed by atoms with Gasteiger partial charge in [0, 0.05) is 24.2 Å². The van der Waals surface area contributed by atoms with Crippen LogP contribution >= 0.6 is 0 Å². The van der Waals surface area contributed by atoms with Crippen LogP contribution in [0.3, 0.4) is 0 Å². The quantitative estimate of drug-likeness (QED) is 0.473. The highest BCUT2D eigenvalue weighted by molar-refractivity contribution is 6.07. The van der Waals surface area contributed by atoms with E-state index in [1.165, 1.54) is 0 Å². The van der Waals surface area contributed by atoms with Gasteiger partial charge in [0.1, 0.15) is 5.75 Å². The number of methoxy groups -OCH3 is 1. The third kappa shape index (κ3) is 3.69. The molecule has 7 nitrogen and oxygen atoms in total. The highest BCUT2D eigenvalue weighted by Crippen LogP contribution is 2.36. The Bertz CT molecular complexity index is 1310. The fourth-order valence-corrected chi connectivity index (χ4v) is 3.72. The van der Waals surface area contributed by atoms with Crippen LogP contribution in [0.5, 0.6) is 17.2 Å². The summed E-state index contributed by atoms with van der Waals surface area (Å²) < 4.78 is 16.3. The van der Waals surface area contributed by atoms with E-state index in [0.29, 0.717) is 40.6 Å². The molecular weight excluding hydrogens is 406 g/mol. The Hall–Kier alpha value is -4.13.